The Kier molecular flexibility index (Phi) is 7.35. The second kappa shape index (κ2) is 10.2. The molecule has 0 aliphatic carbocycles. The molecule has 0 aliphatic heterocycles. The van der Waals surface area contributed by atoms with E-state index in [4.69, 9.17) is 9.05 Å². The van der Waals surface area contributed by atoms with Crippen LogP contribution in [0.3, 0.4) is 0 Å². The summed E-state index contributed by atoms with van der Waals surface area (Å²) >= 11 is 0. The van der Waals surface area contributed by atoms with Crippen LogP contribution in [0.15, 0.2) is 59.9 Å². The first-order chi connectivity index (χ1) is 14.9. The van der Waals surface area contributed by atoms with E-state index in [-0.39, 0.29) is 17.7 Å². The van der Waals surface area contributed by atoms with Crippen LogP contribution >= 0.6 is 7.75 Å². The van der Waals surface area contributed by atoms with Gasteiger partial charge in [0.05, 0.1) is 26.4 Å². The number of esters is 1. The zero-order valence-corrected chi connectivity index (χ0v) is 17.8. The number of H-pyrrole nitrogens is 1. The van der Waals surface area contributed by atoms with E-state index in [9.17, 15) is 14.2 Å². The fourth-order valence-corrected chi connectivity index (χ4v) is 4.04. The Labute approximate surface area is 177 Å². The zero-order chi connectivity index (χ0) is 22.3. The van der Waals surface area contributed by atoms with Crippen molar-refractivity contribution in [2.45, 2.75) is 19.5 Å². The smallest absolute Gasteiger partial charge is 0.459 e. The molecule has 0 saturated carbocycles. The van der Waals surface area contributed by atoms with Gasteiger partial charge in [0.15, 0.2) is 11.2 Å². The molecule has 2 heterocycles. The summed E-state index contributed by atoms with van der Waals surface area (Å²) in [5, 5.41) is 2.57. The van der Waals surface area contributed by atoms with Gasteiger partial charge in [-0.1, -0.05) is 30.4 Å². The molecule has 2 aromatic heterocycles. The van der Waals surface area contributed by atoms with Crippen LogP contribution < -0.4 is 15.2 Å². The molecule has 0 saturated heterocycles. The summed E-state index contributed by atoms with van der Waals surface area (Å²) in [6.07, 6.45) is 6.17. The number of imidazole rings is 1. The number of aromatic amines is 1. The number of fused-ring (bicyclic) bond motifs is 1. The molecule has 0 aliphatic rings. The van der Waals surface area contributed by atoms with Gasteiger partial charge in [-0.15, -0.1) is 0 Å². The third-order valence-electron chi connectivity index (χ3n) is 4.09. The minimum atomic E-state index is -3.89. The average molecular weight is 447 g/mol. The predicted octanol–water partition coefficient (Wildman–Crippen LogP) is 2.03. The summed E-state index contributed by atoms with van der Waals surface area (Å²) in [7, 11) is -2.66. The van der Waals surface area contributed by atoms with Crippen LogP contribution in [0.5, 0.6) is 5.75 Å². The Morgan fingerprint density at radius 2 is 2.06 bits per heavy atom. The van der Waals surface area contributed by atoms with E-state index in [0.29, 0.717) is 17.9 Å². The van der Waals surface area contributed by atoms with Crippen LogP contribution in [-0.2, 0) is 25.2 Å². The number of benzene rings is 1. The lowest BCUT2D eigenvalue weighted by molar-refractivity contribution is -0.142. The van der Waals surface area contributed by atoms with E-state index in [2.05, 4.69) is 24.8 Å². The largest absolute Gasteiger partial charge is 0.468 e. The highest BCUT2D eigenvalue weighted by molar-refractivity contribution is 7.52. The fourth-order valence-electron chi connectivity index (χ4n) is 2.60. The first-order valence-corrected chi connectivity index (χ1v) is 10.8. The van der Waals surface area contributed by atoms with Crippen molar-refractivity contribution in [3.63, 3.8) is 0 Å². The molecule has 164 valence electrons. The molecule has 2 N–H and O–H groups in total. The molecule has 1 unspecified atom stereocenters. The summed E-state index contributed by atoms with van der Waals surface area (Å²) in [4.78, 5) is 34.0. The highest BCUT2D eigenvalue weighted by Crippen LogP contribution is 2.44. The van der Waals surface area contributed by atoms with Gasteiger partial charge in [0.25, 0.3) is 5.56 Å². The fraction of sp³-hybridized carbons (Fsp3) is 0.263. The van der Waals surface area contributed by atoms with Crippen LogP contribution in [0.2, 0.25) is 0 Å². The first-order valence-electron chi connectivity index (χ1n) is 9.30. The van der Waals surface area contributed by atoms with E-state index in [1.54, 1.807) is 47.1 Å². The van der Waals surface area contributed by atoms with Gasteiger partial charge in [-0.3, -0.25) is 14.1 Å². The van der Waals surface area contributed by atoms with Crippen molar-refractivity contribution in [3.05, 3.63) is 65.5 Å². The number of aromatic nitrogens is 4. The third kappa shape index (κ3) is 5.88. The van der Waals surface area contributed by atoms with E-state index in [1.165, 1.54) is 26.7 Å². The van der Waals surface area contributed by atoms with Crippen molar-refractivity contribution in [2.24, 2.45) is 0 Å². The monoisotopic (exact) mass is 447 g/mol. The summed E-state index contributed by atoms with van der Waals surface area (Å²) in [5.74, 6) is -0.286. The second-order valence-corrected chi connectivity index (χ2v) is 8.04. The van der Waals surface area contributed by atoms with Gasteiger partial charge < -0.3 is 18.8 Å². The lowest BCUT2D eigenvalue weighted by atomic mass is 10.3. The number of hydrogen-bond acceptors (Lipinski definition) is 8. The number of nitrogens with zero attached hydrogens (tertiary/aromatic N) is 3. The van der Waals surface area contributed by atoms with Gasteiger partial charge in [0.2, 0.25) is 0 Å². The first kappa shape index (κ1) is 22.4. The van der Waals surface area contributed by atoms with Crippen molar-refractivity contribution < 1.29 is 23.1 Å². The molecular weight excluding hydrogens is 425 g/mol. The molecular formula is C19H22N5O6P. The van der Waals surface area contributed by atoms with Gasteiger partial charge in [0.1, 0.15) is 11.8 Å². The van der Waals surface area contributed by atoms with E-state index in [0.717, 1.165) is 0 Å². The van der Waals surface area contributed by atoms with Gasteiger partial charge >= 0.3 is 13.7 Å². The van der Waals surface area contributed by atoms with Crippen LogP contribution in [-0.4, -0.2) is 45.2 Å². The molecule has 2 atom stereocenters. The molecule has 3 aromatic rings. The standard InChI is InChI=1S/C19H22N5O6P/c1-14(19(26)28-2)23-31(27,30-15-8-4-3-5-9-15)29-11-7-6-10-24-13-22-16-17(24)20-12-21-18(16)25/h3-9,12-14H,10-11H2,1-2H3,(H,23,27)(H,20,21,25)/b7-6-/t14-,31?/m0/s1. The molecule has 0 amide bonds. The topological polar surface area (TPSA) is 137 Å². The molecule has 11 nitrogen and oxygen atoms in total. The molecule has 0 spiro atoms. The molecule has 1 aromatic carbocycles. The summed E-state index contributed by atoms with van der Waals surface area (Å²) in [6.45, 7) is 1.79. The maximum atomic E-state index is 13.2. The molecule has 0 radical (unpaired) electrons. The summed E-state index contributed by atoms with van der Waals surface area (Å²) < 4.78 is 30.5. The van der Waals surface area contributed by atoms with E-state index < -0.39 is 19.8 Å². The summed E-state index contributed by atoms with van der Waals surface area (Å²) in [5.41, 5.74) is 0.371. The minimum Gasteiger partial charge on any atom is -0.468 e. The minimum absolute atomic E-state index is 0.0638. The van der Waals surface area contributed by atoms with Gasteiger partial charge in [-0.05, 0) is 19.1 Å². The molecule has 31 heavy (non-hydrogen) atoms. The van der Waals surface area contributed by atoms with Crippen LogP contribution in [0.1, 0.15) is 6.92 Å². The van der Waals surface area contributed by atoms with Gasteiger partial charge in [-0.25, -0.2) is 14.5 Å². The maximum Gasteiger partial charge on any atom is 0.459 e. The number of para-hydroxylation sites is 1. The van der Waals surface area contributed by atoms with E-state index >= 15 is 0 Å². The van der Waals surface area contributed by atoms with E-state index in [1.807, 2.05) is 0 Å². The third-order valence-corrected chi connectivity index (χ3v) is 5.74. The number of methoxy groups -OCH3 is 1. The Morgan fingerprint density at radius 3 is 2.81 bits per heavy atom. The van der Waals surface area contributed by atoms with Gasteiger partial charge in [0, 0.05) is 6.54 Å². The van der Waals surface area contributed by atoms with Crippen molar-refractivity contribution in [2.75, 3.05) is 13.7 Å². The molecule has 3 rings (SSSR count). The molecule has 0 bridgehead atoms. The van der Waals surface area contributed by atoms with Crippen molar-refractivity contribution >= 4 is 24.9 Å². The number of nitrogens with one attached hydrogen (secondary N) is 2. The Morgan fingerprint density at radius 1 is 1.29 bits per heavy atom. The van der Waals surface area contributed by atoms with Crippen molar-refractivity contribution in [1.82, 2.24) is 24.6 Å². The number of allylic oxidation sites excluding steroid dienone is 1. The van der Waals surface area contributed by atoms with Crippen molar-refractivity contribution in [3.8, 4) is 5.75 Å². The Hall–Kier alpha value is -3.27. The molecule has 0 fully saturated rings. The number of ether oxygens (including phenoxy) is 1. The second-order valence-electron chi connectivity index (χ2n) is 6.34. The van der Waals surface area contributed by atoms with Gasteiger partial charge in [-0.2, -0.15) is 5.09 Å². The number of hydrogen-bond donors (Lipinski definition) is 2. The SMILES string of the molecule is COC(=O)[C@H](C)NP(=O)(OC/C=C\Cn1cnc2c(=O)[nH]cnc21)Oc1ccccc1. The lowest BCUT2D eigenvalue weighted by Crippen LogP contribution is -2.34. The Bertz CT molecular complexity index is 1160. The number of rotatable bonds is 10. The lowest BCUT2D eigenvalue weighted by Gasteiger charge is -2.21. The zero-order valence-electron chi connectivity index (χ0n) is 16.9. The number of carbonyl (C=O) groups is 1. The average Bonchev–Trinajstić information content (AvgIpc) is 3.18. The van der Waals surface area contributed by atoms with Crippen LogP contribution in [0.25, 0.3) is 11.2 Å². The number of carbonyl (C=O) groups excluding carboxylic acids is 1. The highest BCUT2D eigenvalue weighted by atomic mass is 31.2. The van der Waals surface area contributed by atoms with Crippen molar-refractivity contribution in [1.29, 1.82) is 0 Å². The Balaban J connectivity index is 1.64. The quantitative estimate of drug-likeness (QED) is 0.272. The summed E-state index contributed by atoms with van der Waals surface area (Å²) in [6, 6.07) is 7.55. The molecule has 12 heteroatoms. The maximum absolute atomic E-state index is 13.2. The van der Waals surface area contributed by atoms with Crippen LogP contribution in [0.4, 0.5) is 0 Å². The van der Waals surface area contributed by atoms with Crippen LogP contribution in [0, 0.1) is 0 Å². The predicted molar refractivity (Wildman–Crippen MR) is 113 cm³/mol. The highest BCUT2D eigenvalue weighted by Gasteiger charge is 2.31. The normalized spacial score (nSPS) is 14.4.